The number of hydrogen-bond donors (Lipinski definition) is 1. The fraction of sp³-hybridized carbons (Fsp3) is 0.571. The molecule has 1 aliphatic rings. The Morgan fingerprint density at radius 1 is 1.24 bits per heavy atom. The topological polar surface area (TPSA) is 83.7 Å². The first-order chi connectivity index (χ1) is 13.9. The standard InChI is InChI=1S/C21H31N5O3/c1-14(2)20-23-19(29-24-20)13-25-8-10-26(11-9-25)16(4)21(27)22-17-12-15(3)6-7-18(17)28-5/h6-7,12,14,16H,8-11,13H2,1-5H3,(H,22,27). The first-order valence-electron chi connectivity index (χ1n) is 10.1. The zero-order valence-corrected chi connectivity index (χ0v) is 17.9. The maximum atomic E-state index is 12.8. The highest BCUT2D eigenvalue weighted by molar-refractivity contribution is 5.96. The molecule has 1 N–H and O–H groups in total. The number of nitrogens with zero attached hydrogens (tertiary/aromatic N) is 4. The van der Waals surface area contributed by atoms with Crippen LogP contribution in [-0.2, 0) is 11.3 Å². The molecule has 0 spiro atoms. The summed E-state index contributed by atoms with van der Waals surface area (Å²) in [6.45, 7) is 12.0. The smallest absolute Gasteiger partial charge is 0.241 e. The molecule has 1 atom stereocenters. The highest BCUT2D eigenvalue weighted by Gasteiger charge is 2.27. The molecule has 2 heterocycles. The third-order valence-corrected chi connectivity index (χ3v) is 5.31. The van der Waals surface area contributed by atoms with E-state index in [1.807, 2.05) is 45.9 Å². The van der Waals surface area contributed by atoms with Gasteiger partial charge in [-0.25, -0.2) is 0 Å². The molecule has 8 heteroatoms. The number of carbonyl (C=O) groups is 1. The number of carbonyl (C=O) groups excluding carboxylic acids is 1. The third-order valence-electron chi connectivity index (χ3n) is 5.31. The summed E-state index contributed by atoms with van der Waals surface area (Å²) in [5.41, 5.74) is 1.78. The minimum Gasteiger partial charge on any atom is -0.495 e. The molecule has 2 aromatic rings. The van der Waals surface area contributed by atoms with Crippen molar-refractivity contribution in [2.24, 2.45) is 0 Å². The highest BCUT2D eigenvalue weighted by Crippen LogP contribution is 2.25. The molecule has 0 bridgehead atoms. The average molecular weight is 402 g/mol. The highest BCUT2D eigenvalue weighted by atomic mass is 16.5. The maximum Gasteiger partial charge on any atom is 0.241 e. The van der Waals surface area contributed by atoms with Gasteiger partial charge in [-0.05, 0) is 31.5 Å². The summed E-state index contributed by atoms with van der Waals surface area (Å²) in [4.78, 5) is 21.7. The molecule has 158 valence electrons. The van der Waals surface area contributed by atoms with Crippen molar-refractivity contribution in [3.63, 3.8) is 0 Å². The van der Waals surface area contributed by atoms with Crippen LogP contribution in [0.3, 0.4) is 0 Å². The van der Waals surface area contributed by atoms with Gasteiger partial charge in [0.15, 0.2) is 5.82 Å². The number of rotatable bonds is 7. The molecule has 1 aromatic carbocycles. The van der Waals surface area contributed by atoms with Crippen LogP contribution in [0.25, 0.3) is 0 Å². The van der Waals surface area contributed by atoms with Crippen molar-refractivity contribution in [3.8, 4) is 5.75 Å². The third kappa shape index (κ3) is 5.33. The molecule has 1 aliphatic heterocycles. The lowest BCUT2D eigenvalue weighted by Crippen LogP contribution is -2.52. The zero-order valence-electron chi connectivity index (χ0n) is 17.9. The summed E-state index contributed by atoms with van der Waals surface area (Å²) < 4.78 is 10.7. The van der Waals surface area contributed by atoms with Crippen molar-refractivity contribution in [1.29, 1.82) is 0 Å². The summed E-state index contributed by atoms with van der Waals surface area (Å²) >= 11 is 0. The normalized spacial score (nSPS) is 16.8. The van der Waals surface area contributed by atoms with E-state index in [-0.39, 0.29) is 17.9 Å². The summed E-state index contributed by atoms with van der Waals surface area (Å²) in [7, 11) is 1.61. The van der Waals surface area contributed by atoms with Crippen LogP contribution in [0.1, 0.15) is 44.0 Å². The van der Waals surface area contributed by atoms with Gasteiger partial charge in [0.25, 0.3) is 0 Å². The molecular weight excluding hydrogens is 370 g/mol. The second-order valence-electron chi connectivity index (χ2n) is 7.88. The Morgan fingerprint density at radius 2 is 1.97 bits per heavy atom. The van der Waals surface area contributed by atoms with Crippen LogP contribution < -0.4 is 10.1 Å². The molecule has 29 heavy (non-hydrogen) atoms. The molecule has 1 unspecified atom stereocenters. The predicted molar refractivity (Wildman–Crippen MR) is 111 cm³/mol. The number of hydrogen-bond acceptors (Lipinski definition) is 7. The van der Waals surface area contributed by atoms with Gasteiger partial charge < -0.3 is 14.6 Å². The van der Waals surface area contributed by atoms with E-state index in [2.05, 4.69) is 25.3 Å². The summed E-state index contributed by atoms with van der Waals surface area (Å²) in [5.74, 6) is 2.30. The number of ether oxygens (including phenoxy) is 1. The minimum absolute atomic E-state index is 0.0270. The summed E-state index contributed by atoms with van der Waals surface area (Å²) in [5, 5.41) is 7.03. The van der Waals surface area contributed by atoms with E-state index in [9.17, 15) is 4.79 Å². The molecule has 1 saturated heterocycles. The predicted octanol–water partition coefficient (Wildman–Crippen LogP) is 2.65. The van der Waals surface area contributed by atoms with Gasteiger partial charge in [0, 0.05) is 32.1 Å². The largest absolute Gasteiger partial charge is 0.495 e. The van der Waals surface area contributed by atoms with Gasteiger partial charge in [0.2, 0.25) is 11.8 Å². The van der Waals surface area contributed by atoms with Crippen LogP contribution >= 0.6 is 0 Å². The lowest BCUT2D eigenvalue weighted by molar-refractivity contribution is -0.121. The number of anilines is 1. The number of methoxy groups -OCH3 is 1. The van der Waals surface area contributed by atoms with E-state index in [1.54, 1.807) is 7.11 Å². The van der Waals surface area contributed by atoms with Crippen molar-refractivity contribution in [1.82, 2.24) is 19.9 Å². The van der Waals surface area contributed by atoms with E-state index in [1.165, 1.54) is 0 Å². The van der Waals surface area contributed by atoms with Gasteiger partial charge in [0.1, 0.15) is 5.75 Å². The lowest BCUT2D eigenvalue weighted by atomic mass is 10.1. The summed E-state index contributed by atoms with van der Waals surface area (Å²) in [6, 6.07) is 5.54. The average Bonchev–Trinajstić information content (AvgIpc) is 3.17. The second-order valence-corrected chi connectivity index (χ2v) is 7.88. The van der Waals surface area contributed by atoms with E-state index < -0.39 is 0 Å². The maximum absolute atomic E-state index is 12.8. The molecule has 8 nitrogen and oxygen atoms in total. The fourth-order valence-corrected chi connectivity index (χ4v) is 3.39. The van der Waals surface area contributed by atoms with Gasteiger partial charge in [-0.15, -0.1) is 0 Å². The van der Waals surface area contributed by atoms with Crippen LogP contribution in [0.2, 0.25) is 0 Å². The Balaban J connectivity index is 1.52. The first-order valence-corrected chi connectivity index (χ1v) is 10.1. The Hall–Kier alpha value is -2.45. The number of nitrogens with one attached hydrogen (secondary N) is 1. The molecule has 1 aromatic heterocycles. The number of amides is 1. The quantitative estimate of drug-likeness (QED) is 0.763. The zero-order chi connectivity index (χ0) is 21.0. The number of aromatic nitrogens is 2. The first kappa shape index (κ1) is 21.3. The molecule has 3 rings (SSSR count). The molecular formula is C21H31N5O3. The fourth-order valence-electron chi connectivity index (χ4n) is 3.39. The number of piperazine rings is 1. The minimum atomic E-state index is -0.224. The van der Waals surface area contributed by atoms with Gasteiger partial charge in [0.05, 0.1) is 25.4 Å². The molecule has 1 amide bonds. The van der Waals surface area contributed by atoms with Crippen LogP contribution in [0.4, 0.5) is 5.69 Å². The van der Waals surface area contributed by atoms with E-state index >= 15 is 0 Å². The molecule has 1 fully saturated rings. The van der Waals surface area contributed by atoms with Gasteiger partial charge >= 0.3 is 0 Å². The van der Waals surface area contributed by atoms with E-state index in [4.69, 9.17) is 9.26 Å². The number of benzene rings is 1. The van der Waals surface area contributed by atoms with Gasteiger partial charge in [-0.2, -0.15) is 4.98 Å². The van der Waals surface area contributed by atoms with Gasteiger partial charge in [-0.3, -0.25) is 14.6 Å². The van der Waals surface area contributed by atoms with Crippen LogP contribution in [0.5, 0.6) is 5.75 Å². The van der Waals surface area contributed by atoms with E-state index in [0.717, 1.165) is 37.6 Å². The Labute approximate surface area is 172 Å². The van der Waals surface area contributed by atoms with Crippen molar-refractivity contribution in [3.05, 3.63) is 35.5 Å². The Morgan fingerprint density at radius 3 is 2.59 bits per heavy atom. The van der Waals surface area contributed by atoms with E-state index in [0.29, 0.717) is 23.9 Å². The van der Waals surface area contributed by atoms with Crippen molar-refractivity contribution < 1.29 is 14.1 Å². The van der Waals surface area contributed by atoms with Crippen LogP contribution in [-0.4, -0.2) is 65.2 Å². The van der Waals surface area contributed by atoms with Crippen molar-refractivity contribution >= 4 is 11.6 Å². The van der Waals surface area contributed by atoms with Crippen LogP contribution in [0, 0.1) is 6.92 Å². The van der Waals surface area contributed by atoms with Crippen molar-refractivity contribution in [2.75, 3.05) is 38.6 Å². The molecule has 0 saturated carbocycles. The van der Waals surface area contributed by atoms with Crippen molar-refractivity contribution in [2.45, 2.75) is 46.2 Å². The van der Waals surface area contributed by atoms with Crippen LogP contribution in [0.15, 0.2) is 22.7 Å². The molecule has 0 aliphatic carbocycles. The van der Waals surface area contributed by atoms with Gasteiger partial charge in [-0.1, -0.05) is 25.1 Å². The monoisotopic (exact) mass is 401 g/mol. The second kappa shape index (κ2) is 9.37. The Bertz CT molecular complexity index is 827. The lowest BCUT2D eigenvalue weighted by Gasteiger charge is -2.36. The Kier molecular flexibility index (Phi) is 6.87. The SMILES string of the molecule is COc1ccc(C)cc1NC(=O)C(C)N1CCN(Cc2nc(C(C)C)no2)CC1. The summed E-state index contributed by atoms with van der Waals surface area (Å²) in [6.07, 6.45) is 0. The molecule has 0 radical (unpaired) electrons. The number of aryl methyl sites for hydroxylation is 1.